The van der Waals surface area contributed by atoms with E-state index in [-0.39, 0.29) is 6.10 Å². The van der Waals surface area contributed by atoms with Gasteiger partial charge in [-0.05, 0) is 20.8 Å². The fourth-order valence-corrected chi connectivity index (χ4v) is 5.59. The Morgan fingerprint density at radius 3 is 1.95 bits per heavy atom. The molecule has 0 aromatic carbocycles. The van der Waals surface area contributed by atoms with Crippen molar-refractivity contribution < 1.29 is 19.3 Å². The van der Waals surface area contributed by atoms with Crippen LogP contribution in [0.4, 0.5) is 0 Å². The van der Waals surface area contributed by atoms with Gasteiger partial charge in [0.1, 0.15) is 0 Å². The van der Waals surface area contributed by atoms with Crippen LogP contribution in [-0.2, 0) is 14.2 Å². The summed E-state index contributed by atoms with van der Waals surface area (Å²) in [6.45, 7) is 9.70. The van der Waals surface area contributed by atoms with Crippen LogP contribution in [-0.4, -0.2) is 76.0 Å². The Morgan fingerprint density at radius 2 is 1.47 bits per heavy atom. The van der Waals surface area contributed by atoms with E-state index in [0.717, 1.165) is 18.9 Å². The molecule has 116 valence electrons. The largest absolute Gasteiger partial charge is 0.390 e. The molecule has 0 aromatic heterocycles. The van der Waals surface area contributed by atoms with Gasteiger partial charge in [-0.15, -0.1) is 0 Å². The van der Waals surface area contributed by atoms with Crippen LogP contribution in [0.5, 0.6) is 0 Å². The summed E-state index contributed by atoms with van der Waals surface area (Å²) in [5.41, 5.74) is 0. The van der Waals surface area contributed by atoms with E-state index >= 15 is 0 Å². The van der Waals surface area contributed by atoms with Crippen LogP contribution >= 0.6 is 7.26 Å². The Bertz CT molecular complexity index is 196. The summed E-state index contributed by atoms with van der Waals surface area (Å²) in [7, 11) is 0.651. The van der Waals surface area contributed by atoms with Crippen molar-refractivity contribution in [2.24, 2.45) is 0 Å². The lowest BCUT2D eigenvalue weighted by Crippen LogP contribution is -2.20. The molecule has 0 spiro atoms. The monoisotopic (exact) mass is 295 g/mol. The zero-order valence-electron chi connectivity index (χ0n) is 13.1. The van der Waals surface area contributed by atoms with E-state index in [0.29, 0.717) is 26.4 Å². The molecule has 1 N–H and O–H groups in total. The number of rotatable bonds is 13. The quantitative estimate of drug-likeness (QED) is 0.417. The summed E-state index contributed by atoms with van der Waals surface area (Å²) in [6, 6.07) is 0. The third-order valence-corrected chi connectivity index (χ3v) is 8.62. The Morgan fingerprint density at radius 1 is 0.947 bits per heavy atom. The van der Waals surface area contributed by atoms with Crippen molar-refractivity contribution in [1.82, 2.24) is 0 Å². The third-order valence-electron chi connectivity index (χ3n) is 3.51. The van der Waals surface area contributed by atoms with Crippen LogP contribution < -0.4 is 0 Å². The van der Waals surface area contributed by atoms with E-state index in [9.17, 15) is 5.11 Å². The Hall–Kier alpha value is 0.270. The summed E-state index contributed by atoms with van der Waals surface area (Å²) in [6.07, 6.45) is 4.28. The maximum Gasteiger partial charge on any atom is 0.0851 e. The van der Waals surface area contributed by atoms with Gasteiger partial charge in [0.15, 0.2) is 0 Å². The minimum atomic E-state index is -1.02. The lowest BCUT2D eigenvalue weighted by Gasteiger charge is -2.26. The molecule has 19 heavy (non-hydrogen) atoms. The van der Waals surface area contributed by atoms with Crippen LogP contribution in [0.2, 0.25) is 0 Å². The third kappa shape index (κ3) is 9.75. The molecule has 0 aliphatic heterocycles. The predicted molar refractivity (Wildman–Crippen MR) is 82.9 cm³/mol. The van der Waals surface area contributed by atoms with Gasteiger partial charge in [0.2, 0.25) is 0 Å². The van der Waals surface area contributed by atoms with E-state index in [1.54, 1.807) is 7.11 Å². The first-order valence-electron chi connectivity index (χ1n) is 7.27. The molecule has 0 bridgehead atoms. The number of hydrogen-bond donors (Lipinski definition) is 1. The van der Waals surface area contributed by atoms with Gasteiger partial charge < -0.3 is 19.3 Å². The van der Waals surface area contributed by atoms with Crippen molar-refractivity contribution in [3.05, 3.63) is 0 Å². The molecular formula is C14H32O4P+. The molecule has 1 atom stereocenters. The van der Waals surface area contributed by atoms with Crippen molar-refractivity contribution in [2.75, 3.05) is 64.8 Å². The first-order valence-corrected chi connectivity index (χ1v) is 9.80. The summed E-state index contributed by atoms with van der Waals surface area (Å²) in [4.78, 5) is 0. The van der Waals surface area contributed by atoms with Crippen molar-refractivity contribution in [3.63, 3.8) is 0 Å². The molecule has 0 saturated carbocycles. The number of ether oxygens (including phenoxy) is 3. The molecular weight excluding hydrogens is 263 g/mol. The minimum absolute atomic E-state index is 0.189. The highest BCUT2D eigenvalue weighted by molar-refractivity contribution is 7.75. The molecule has 0 aliphatic carbocycles. The van der Waals surface area contributed by atoms with Crippen molar-refractivity contribution >= 4 is 7.26 Å². The number of aliphatic hydroxyl groups excluding tert-OH is 1. The molecule has 0 rings (SSSR count). The molecule has 5 heteroatoms. The molecule has 0 amide bonds. The van der Waals surface area contributed by atoms with Gasteiger partial charge in [0.25, 0.3) is 0 Å². The van der Waals surface area contributed by atoms with Crippen molar-refractivity contribution in [1.29, 1.82) is 0 Å². The van der Waals surface area contributed by atoms with Crippen molar-refractivity contribution in [2.45, 2.75) is 26.9 Å². The Balaban J connectivity index is 3.70. The minimum Gasteiger partial charge on any atom is -0.390 e. The van der Waals surface area contributed by atoms with E-state index in [1.807, 2.05) is 6.92 Å². The fraction of sp³-hybridized carbons (Fsp3) is 1.00. The topological polar surface area (TPSA) is 47.9 Å². The molecule has 0 aromatic rings. The van der Waals surface area contributed by atoms with E-state index < -0.39 is 7.26 Å². The summed E-state index contributed by atoms with van der Waals surface area (Å²) in [5.74, 6) is 0. The lowest BCUT2D eigenvalue weighted by molar-refractivity contribution is 0.0284. The van der Waals surface area contributed by atoms with Crippen LogP contribution in [0.15, 0.2) is 0 Å². The first-order chi connectivity index (χ1) is 9.10. The molecule has 1 unspecified atom stereocenters. The zero-order valence-corrected chi connectivity index (χ0v) is 14.0. The van der Waals surface area contributed by atoms with Crippen LogP contribution in [0, 0.1) is 0 Å². The number of aliphatic hydroxyl groups is 1. The highest BCUT2D eigenvalue weighted by Crippen LogP contribution is 2.58. The molecule has 0 fully saturated rings. The highest BCUT2D eigenvalue weighted by atomic mass is 31.2. The Kier molecular flexibility index (Phi) is 12.2. The van der Waals surface area contributed by atoms with Crippen LogP contribution in [0.25, 0.3) is 0 Å². The van der Waals surface area contributed by atoms with Gasteiger partial charge >= 0.3 is 0 Å². The number of hydrogen-bond acceptors (Lipinski definition) is 4. The normalized spacial score (nSPS) is 13.7. The van der Waals surface area contributed by atoms with E-state index in [1.165, 1.54) is 12.3 Å². The number of methoxy groups -OCH3 is 1. The smallest absolute Gasteiger partial charge is 0.0851 e. The average molecular weight is 295 g/mol. The standard InChI is InChI=1S/C14H32O4P/c1-5-19(6-2,13-14(3)15)12-11-18-10-9-17-8-7-16-4/h14-15H,5-13H2,1-4H3/q+1. The average Bonchev–Trinajstić information content (AvgIpc) is 2.40. The molecule has 0 saturated heterocycles. The molecule has 0 aliphatic rings. The zero-order chi connectivity index (χ0) is 14.6. The second-order valence-corrected chi connectivity index (χ2v) is 9.71. The van der Waals surface area contributed by atoms with E-state index in [4.69, 9.17) is 14.2 Å². The van der Waals surface area contributed by atoms with Gasteiger partial charge in [0, 0.05) is 14.4 Å². The van der Waals surface area contributed by atoms with Crippen LogP contribution in [0.1, 0.15) is 20.8 Å². The summed E-state index contributed by atoms with van der Waals surface area (Å²) >= 11 is 0. The SMILES string of the molecule is CC[P+](CC)(CCOCCOCCOC)CC(C)O. The predicted octanol–water partition coefficient (Wildman–Crippen LogP) is 2.10. The van der Waals surface area contributed by atoms with Gasteiger partial charge in [-0.2, -0.15) is 0 Å². The maximum absolute atomic E-state index is 9.63. The van der Waals surface area contributed by atoms with Crippen LogP contribution in [0.3, 0.4) is 0 Å². The summed E-state index contributed by atoms with van der Waals surface area (Å²) < 4.78 is 15.9. The van der Waals surface area contributed by atoms with Gasteiger partial charge in [-0.25, -0.2) is 0 Å². The molecule has 0 heterocycles. The second-order valence-electron chi connectivity index (χ2n) is 4.95. The lowest BCUT2D eigenvalue weighted by atomic mass is 10.5. The Labute approximate surface area is 119 Å². The van der Waals surface area contributed by atoms with E-state index in [2.05, 4.69) is 13.8 Å². The summed E-state index contributed by atoms with van der Waals surface area (Å²) in [5, 5.41) is 9.63. The van der Waals surface area contributed by atoms with Gasteiger partial charge in [0.05, 0.1) is 63.8 Å². The maximum atomic E-state index is 9.63. The molecule has 4 nitrogen and oxygen atoms in total. The second kappa shape index (κ2) is 12.0. The van der Waals surface area contributed by atoms with Gasteiger partial charge in [-0.3, -0.25) is 0 Å². The highest BCUT2D eigenvalue weighted by Gasteiger charge is 2.34. The van der Waals surface area contributed by atoms with Crippen molar-refractivity contribution in [3.8, 4) is 0 Å². The first kappa shape index (κ1) is 19.3. The van der Waals surface area contributed by atoms with Gasteiger partial charge in [-0.1, -0.05) is 0 Å². The molecule has 0 radical (unpaired) electrons. The fourth-order valence-electron chi connectivity index (χ4n) is 2.17.